The molecular weight excluding hydrogens is 291 g/mol. The van der Waals surface area contributed by atoms with E-state index in [2.05, 4.69) is 10.6 Å². The Morgan fingerprint density at radius 3 is 3.10 bits per heavy atom. The molecule has 2 N–H and O–H groups in total. The molecule has 0 bridgehead atoms. The summed E-state index contributed by atoms with van der Waals surface area (Å²) in [7, 11) is 1.83. The molecule has 0 aromatic heterocycles. The Morgan fingerprint density at radius 2 is 2.29 bits per heavy atom. The first-order valence-corrected chi connectivity index (χ1v) is 8.15. The van der Waals surface area contributed by atoms with Crippen LogP contribution in [0.5, 0.6) is 0 Å². The molecule has 0 radical (unpaired) electrons. The molecule has 3 rings (SSSR count). The Kier molecular flexibility index (Phi) is 4.47. The van der Waals surface area contributed by atoms with E-state index < -0.39 is 0 Å². The number of fused-ring (bicyclic) bond motifs is 1. The quantitative estimate of drug-likeness (QED) is 0.892. The third-order valence-corrected chi connectivity index (χ3v) is 5.24. The number of nitrogens with one attached hydrogen (secondary N) is 2. The van der Waals surface area contributed by atoms with Gasteiger partial charge in [0.1, 0.15) is 5.82 Å². The number of thioether (sulfide) groups is 1. The Balaban J connectivity index is 1.74. The molecule has 1 fully saturated rings. The van der Waals surface area contributed by atoms with Crippen molar-refractivity contribution in [2.45, 2.75) is 23.4 Å². The van der Waals surface area contributed by atoms with Crippen molar-refractivity contribution >= 4 is 17.7 Å². The normalized spacial score (nSPS) is 28.2. The summed E-state index contributed by atoms with van der Waals surface area (Å²) in [6, 6.07) is 4.74. The van der Waals surface area contributed by atoms with Crippen molar-refractivity contribution in [2.75, 3.05) is 26.0 Å². The third kappa shape index (κ3) is 3.07. The van der Waals surface area contributed by atoms with Gasteiger partial charge in [-0.25, -0.2) is 4.39 Å². The first kappa shape index (κ1) is 14.8. The van der Waals surface area contributed by atoms with Gasteiger partial charge in [-0.15, -0.1) is 11.8 Å². The molecule has 1 aromatic rings. The molecule has 1 amide bonds. The molecule has 21 heavy (non-hydrogen) atoms. The minimum absolute atomic E-state index is 0.0149. The lowest BCUT2D eigenvalue weighted by Crippen LogP contribution is -2.44. The van der Waals surface area contributed by atoms with Gasteiger partial charge in [0, 0.05) is 16.7 Å². The van der Waals surface area contributed by atoms with E-state index >= 15 is 0 Å². The SMILES string of the molecule is CNC1COCC1C(=O)NC1CCSc2ccc(F)cc21. The number of ether oxygens (including phenoxy) is 1. The van der Waals surface area contributed by atoms with Gasteiger partial charge in [-0.05, 0) is 37.2 Å². The van der Waals surface area contributed by atoms with Gasteiger partial charge in [-0.2, -0.15) is 0 Å². The summed E-state index contributed by atoms with van der Waals surface area (Å²) in [5.41, 5.74) is 0.888. The van der Waals surface area contributed by atoms with E-state index in [1.165, 1.54) is 12.1 Å². The van der Waals surface area contributed by atoms with Gasteiger partial charge in [0.25, 0.3) is 0 Å². The van der Waals surface area contributed by atoms with Crippen molar-refractivity contribution in [2.24, 2.45) is 5.92 Å². The molecule has 3 unspecified atom stereocenters. The van der Waals surface area contributed by atoms with Gasteiger partial charge in [0.2, 0.25) is 5.91 Å². The molecule has 0 aliphatic carbocycles. The molecule has 2 heterocycles. The number of carbonyl (C=O) groups excluding carboxylic acids is 1. The fraction of sp³-hybridized carbons (Fsp3) is 0.533. The highest BCUT2D eigenvalue weighted by atomic mass is 32.2. The molecule has 0 saturated carbocycles. The molecule has 6 heteroatoms. The summed E-state index contributed by atoms with van der Waals surface area (Å²) in [5.74, 6) is 0.480. The summed E-state index contributed by atoms with van der Waals surface area (Å²) >= 11 is 1.71. The predicted octanol–water partition coefficient (Wildman–Crippen LogP) is 1.71. The van der Waals surface area contributed by atoms with E-state index in [1.807, 2.05) is 7.05 Å². The van der Waals surface area contributed by atoms with Gasteiger partial charge in [0.05, 0.1) is 25.2 Å². The molecule has 1 aromatic carbocycles. The summed E-state index contributed by atoms with van der Waals surface area (Å²) in [5, 5.41) is 6.18. The molecule has 1 saturated heterocycles. The molecule has 0 spiro atoms. The largest absolute Gasteiger partial charge is 0.379 e. The van der Waals surface area contributed by atoms with Crippen molar-refractivity contribution in [3.63, 3.8) is 0 Å². The second-order valence-corrected chi connectivity index (χ2v) is 6.56. The summed E-state index contributed by atoms with van der Waals surface area (Å²) in [4.78, 5) is 13.5. The Labute approximate surface area is 127 Å². The highest BCUT2D eigenvalue weighted by Gasteiger charge is 2.34. The minimum atomic E-state index is -0.257. The predicted molar refractivity (Wildman–Crippen MR) is 79.8 cm³/mol. The van der Waals surface area contributed by atoms with E-state index in [0.717, 1.165) is 22.6 Å². The third-order valence-electron chi connectivity index (χ3n) is 4.12. The summed E-state index contributed by atoms with van der Waals surface area (Å²) in [6.45, 7) is 0.995. The van der Waals surface area contributed by atoms with Crippen molar-refractivity contribution in [1.82, 2.24) is 10.6 Å². The zero-order valence-electron chi connectivity index (χ0n) is 11.9. The molecule has 3 atom stereocenters. The van der Waals surface area contributed by atoms with Gasteiger partial charge in [-0.3, -0.25) is 4.79 Å². The van der Waals surface area contributed by atoms with Crippen LogP contribution in [0.3, 0.4) is 0 Å². The average molecular weight is 310 g/mol. The lowest BCUT2D eigenvalue weighted by molar-refractivity contribution is -0.126. The maximum absolute atomic E-state index is 13.5. The monoisotopic (exact) mass is 310 g/mol. The minimum Gasteiger partial charge on any atom is -0.379 e. The Morgan fingerprint density at radius 1 is 1.43 bits per heavy atom. The molecule has 4 nitrogen and oxygen atoms in total. The number of hydrogen-bond acceptors (Lipinski definition) is 4. The van der Waals surface area contributed by atoms with Gasteiger partial charge in [0.15, 0.2) is 0 Å². The lowest BCUT2D eigenvalue weighted by Gasteiger charge is -2.27. The van der Waals surface area contributed by atoms with Crippen LogP contribution in [0.15, 0.2) is 23.1 Å². The highest BCUT2D eigenvalue weighted by Crippen LogP contribution is 2.36. The van der Waals surface area contributed by atoms with Crippen molar-refractivity contribution in [3.8, 4) is 0 Å². The molecule has 2 aliphatic rings. The topological polar surface area (TPSA) is 50.4 Å². The number of benzene rings is 1. The van der Waals surface area contributed by atoms with Gasteiger partial charge in [-0.1, -0.05) is 0 Å². The van der Waals surface area contributed by atoms with Crippen LogP contribution >= 0.6 is 11.8 Å². The number of hydrogen-bond donors (Lipinski definition) is 2. The van der Waals surface area contributed by atoms with E-state index in [1.54, 1.807) is 17.8 Å². The molecular formula is C15H19FN2O2S. The van der Waals surface area contributed by atoms with E-state index in [0.29, 0.717) is 13.2 Å². The second-order valence-electron chi connectivity index (χ2n) is 5.42. The van der Waals surface area contributed by atoms with Crippen LogP contribution in [0, 0.1) is 11.7 Å². The average Bonchev–Trinajstić information content (AvgIpc) is 2.96. The molecule has 114 valence electrons. The Hall–Kier alpha value is -1.11. The number of carbonyl (C=O) groups is 1. The van der Waals surface area contributed by atoms with E-state index in [4.69, 9.17) is 4.74 Å². The first-order valence-electron chi connectivity index (χ1n) is 7.16. The van der Waals surface area contributed by atoms with Crippen LogP contribution in [0.2, 0.25) is 0 Å². The fourth-order valence-corrected chi connectivity index (χ4v) is 4.00. The highest BCUT2D eigenvalue weighted by molar-refractivity contribution is 7.99. The zero-order valence-corrected chi connectivity index (χ0v) is 12.7. The number of amides is 1. The summed E-state index contributed by atoms with van der Waals surface area (Å²) < 4.78 is 18.8. The first-order chi connectivity index (χ1) is 10.2. The maximum atomic E-state index is 13.5. The van der Waals surface area contributed by atoms with Crippen LogP contribution in [0.25, 0.3) is 0 Å². The lowest BCUT2D eigenvalue weighted by atomic mass is 9.99. The van der Waals surface area contributed by atoms with Crippen LogP contribution in [-0.4, -0.2) is 38.0 Å². The number of halogens is 1. The van der Waals surface area contributed by atoms with Crippen LogP contribution < -0.4 is 10.6 Å². The number of likely N-dealkylation sites (N-methyl/N-ethyl adjacent to an activating group) is 1. The summed E-state index contributed by atoms with van der Waals surface area (Å²) in [6.07, 6.45) is 0.824. The van der Waals surface area contributed by atoms with Crippen LogP contribution in [-0.2, 0) is 9.53 Å². The van der Waals surface area contributed by atoms with Crippen LogP contribution in [0.4, 0.5) is 4.39 Å². The smallest absolute Gasteiger partial charge is 0.227 e. The maximum Gasteiger partial charge on any atom is 0.227 e. The van der Waals surface area contributed by atoms with Crippen molar-refractivity contribution in [3.05, 3.63) is 29.6 Å². The number of rotatable bonds is 3. The molecule has 2 aliphatic heterocycles. The second kappa shape index (κ2) is 6.34. The fourth-order valence-electron chi connectivity index (χ4n) is 2.89. The van der Waals surface area contributed by atoms with Crippen LogP contribution in [0.1, 0.15) is 18.0 Å². The van der Waals surface area contributed by atoms with Crippen molar-refractivity contribution < 1.29 is 13.9 Å². The van der Waals surface area contributed by atoms with Gasteiger partial charge >= 0.3 is 0 Å². The van der Waals surface area contributed by atoms with E-state index in [9.17, 15) is 9.18 Å². The van der Waals surface area contributed by atoms with E-state index in [-0.39, 0.29) is 29.7 Å². The van der Waals surface area contributed by atoms with Gasteiger partial charge < -0.3 is 15.4 Å². The van der Waals surface area contributed by atoms with Crippen molar-refractivity contribution in [1.29, 1.82) is 0 Å². The Bertz CT molecular complexity index is 540. The standard InChI is InChI=1S/C15H19FN2O2S/c1-17-13-8-20-7-11(13)15(19)18-12-4-5-21-14-3-2-9(16)6-10(12)14/h2-3,6,11-13,17H,4-5,7-8H2,1H3,(H,18,19). The zero-order chi connectivity index (χ0) is 14.8.